The molecule has 0 fully saturated rings. The minimum atomic E-state index is -0.0838. The summed E-state index contributed by atoms with van der Waals surface area (Å²) in [5.41, 5.74) is 8.35. The number of benzene rings is 1. The zero-order chi connectivity index (χ0) is 13.9. The molecule has 0 saturated heterocycles. The Morgan fingerprint density at radius 2 is 1.85 bits per heavy atom. The number of Topliss-reactive ketones (excluding diaryl/α,β-unsaturated/α-hetero) is 1. The topological polar surface area (TPSA) is 68.9 Å². The number of hydrogen-bond acceptors (Lipinski definition) is 4. The van der Waals surface area contributed by atoms with Gasteiger partial charge >= 0.3 is 0 Å². The van der Waals surface area contributed by atoms with Crippen molar-refractivity contribution in [2.24, 2.45) is 0 Å². The SMILES string of the molecule is Nc1cccnc1C(=O)Cc1ccnc2ccccc12. The minimum absolute atomic E-state index is 0.0838. The van der Waals surface area contributed by atoms with E-state index >= 15 is 0 Å². The molecule has 20 heavy (non-hydrogen) atoms. The lowest BCUT2D eigenvalue weighted by atomic mass is 10.0. The second-order valence-electron chi connectivity index (χ2n) is 4.53. The smallest absolute Gasteiger partial charge is 0.187 e. The predicted octanol–water partition coefficient (Wildman–Crippen LogP) is 2.64. The molecule has 3 rings (SSSR count). The first-order valence-electron chi connectivity index (χ1n) is 6.32. The average Bonchev–Trinajstić information content (AvgIpc) is 2.48. The molecule has 0 spiro atoms. The summed E-state index contributed by atoms with van der Waals surface area (Å²) in [4.78, 5) is 20.7. The summed E-state index contributed by atoms with van der Waals surface area (Å²) in [5.74, 6) is -0.0838. The Balaban J connectivity index is 1.98. The fourth-order valence-electron chi connectivity index (χ4n) is 2.22. The van der Waals surface area contributed by atoms with E-state index in [1.54, 1.807) is 24.5 Å². The fourth-order valence-corrected chi connectivity index (χ4v) is 2.22. The van der Waals surface area contributed by atoms with Crippen LogP contribution in [0.2, 0.25) is 0 Å². The summed E-state index contributed by atoms with van der Waals surface area (Å²) in [5, 5.41) is 0.984. The maximum absolute atomic E-state index is 12.3. The fraction of sp³-hybridized carbons (Fsp3) is 0.0625. The maximum atomic E-state index is 12.3. The number of ketones is 1. The van der Waals surface area contributed by atoms with E-state index < -0.39 is 0 Å². The Hall–Kier alpha value is -2.75. The van der Waals surface area contributed by atoms with Crippen molar-refractivity contribution in [3.05, 3.63) is 66.1 Å². The van der Waals surface area contributed by atoms with E-state index in [0.717, 1.165) is 16.5 Å². The summed E-state index contributed by atoms with van der Waals surface area (Å²) in [6.45, 7) is 0. The maximum Gasteiger partial charge on any atom is 0.187 e. The Morgan fingerprint density at radius 1 is 1.00 bits per heavy atom. The second-order valence-corrected chi connectivity index (χ2v) is 4.53. The molecule has 0 aliphatic rings. The third-order valence-electron chi connectivity index (χ3n) is 3.19. The monoisotopic (exact) mass is 263 g/mol. The van der Waals surface area contributed by atoms with Gasteiger partial charge in [0.2, 0.25) is 0 Å². The molecule has 3 aromatic rings. The number of nitrogen functional groups attached to an aromatic ring is 1. The van der Waals surface area contributed by atoms with Crippen LogP contribution < -0.4 is 5.73 Å². The molecule has 2 N–H and O–H groups in total. The number of hydrogen-bond donors (Lipinski definition) is 1. The molecule has 0 bridgehead atoms. The van der Waals surface area contributed by atoms with E-state index in [1.165, 1.54) is 0 Å². The van der Waals surface area contributed by atoms with Crippen LogP contribution in [0.5, 0.6) is 0 Å². The Kier molecular flexibility index (Phi) is 3.13. The van der Waals surface area contributed by atoms with Gasteiger partial charge in [-0.25, -0.2) is 0 Å². The molecule has 0 aliphatic carbocycles. The van der Waals surface area contributed by atoms with Gasteiger partial charge in [-0.2, -0.15) is 0 Å². The Labute approximate surface area is 116 Å². The number of aromatic nitrogens is 2. The lowest BCUT2D eigenvalue weighted by Gasteiger charge is -2.06. The van der Waals surface area contributed by atoms with E-state index in [9.17, 15) is 4.79 Å². The van der Waals surface area contributed by atoms with Crippen LogP contribution in [0.3, 0.4) is 0 Å². The third kappa shape index (κ3) is 2.23. The van der Waals surface area contributed by atoms with E-state index in [1.807, 2.05) is 30.3 Å². The number of carbonyl (C=O) groups excluding carboxylic acids is 1. The lowest BCUT2D eigenvalue weighted by Crippen LogP contribution is -2.09. The first-order valence-corrected chi connectivity index (χ1v) is 6.32. The second kappa shape index (κ2) is 5.09. The molecule has 2 aromatic heterocycles. The normalized spacial score (nSPS) is 10.6. The summed E-state index contributed by atoms with van der Waals surface area (Å²) < 4.78 is 0. The van der Waals surface area contributed by atoms with Crippen LogP contribution in [0.4, 0.5) is 5.69 Å². The molecular weight excluding hydrogens is 250 g/mol. The van der Waals surface area contributed by atoms with Gasteiger partial charge in [0.05, 0.1) is 11.2 Å². The van der Waals surface area contributed by atoms with Gasteiger partial charge in [0.25, 0.3) is 0 Å². The van der Waals surface area contributed by atoms with Crippen LogP contribution in [-0.2, 0) is 6.42 Å². The van der Waals surface area contributed by atoms with Crippen LogP contribution in [-0.4, -0.2) is 15.8 Å². The highest BCUT2D eigenvalue weighted by Gasteiger charge is 2.13. The Bertz CT molecular complexity index is 778. The van der Waals surface area contributed by atoms with Crippen molar-refractivity contribution in [1.29, 1.82) is 0 Å². The molecular formula is C16H13N3O. The van der Waals surface area contributed by atoms with Crippen molar-refractivity contribution in [3.63, 3.8) is 0 Å². The van der Waals surface area contributed by atoms with Crippen molar-refractivity contribution >= 4 is 22.4 Å². The van der Waals surface area contributed by atoms with Crippen LogP contribution in [0, 0.1) is 0 Å². The highest BCUT2D eigenvalue weighted by molar-refractivity contribution is 6.01. The van der Waals surface area contributed by atoms with E-state index in [0.29, 0.717) is 11.4 Å². The molecule has 4 heteroatoms. The Morgan fingerprint density at radius 3 is 2.70 bits per heavy atom. The standard InChI is InChI=1S/C16H13N3O/c17-13-5-3-8-19-16(13)15(20)10-11-7-9-18-14-6-2-1-4-12(11)14/h1-9H,10,17H2. The summed E-state index contributed by atoms with van der Waals surface area (Å²) in [7, 11) is 0. The van der Waals surface area contributed by atoms with Gasteiger partial charge < -0.3 is 5.73 Å². The van der Waals surface area contributed by atoms with Crippen LogP contribution >= 0.6 is 0 Å². The molecule has 98 valence electrons. The number of fused-ring (bicyclic) bond motifs is 1. The van der Waals surface area contributed by atoms with Gasteiger partial charge in [0, 0.05) is 24.2 Å². The zero-order valence-electron chi connectivity index (χ0n) is 10.8. The number of rotatable bonds is 3. The number of anilines is 1. The van der Waals surface area contributed by atoms with Gasteiger partial charge in [-0.1, -0.05) is 18.2 Å². The molecule has 1 aromatic carbocycles. The van der Waals surface area contributed by atoms with E-state index in [4.69, 9.17) is 5.73 Å². The zero-order valence-corrected chi connectivity index (χ0v) is 10.8. The molecule has 0 unspecified atom stereocenters. The number of carbonyl (C=O) groups is 1. The van der Waals surface area contributed by atoms with E-state index in [2.05, 4.69) is 9.97 Å². The molecule has 0 amide bonds. The summed E-state index contributed by atoms with van der Waals surface area (Å²) >= 11 is 0. The molecule has 2 heterocycles. The van der Waals surface area contributed by atoms with Gasteiger partial charge in [-0.15, -0.1) is 0 Å². The van der Waals surface area contributed by atoms with Crippen LogP contribution in [0.1, 0.15) is 16.1 Å². The van der Waals surface area contributed by atoms with Gasteiger partial charge in [-0.05, 0) is 29.8 Å². The number of nitrogens with two attached hydrogens (primary N) is 1. The highest BCUT2D eigenvalue weighted by atomic mass is 16.1. The minimum Gasteiger partial charge on any atom is -0.397 e. The molecule has 4 nitrogen and oxygen atoms in total. The van der Waals surface area contributed by atoms with Crippen molar-refractivity contribution < 1.29 is 4.79 Å². The summed E-state index contributed by atoms with van der Waals surface area (Å²) in [6, 6.07) is 13.0. The number of para-hydroxylation sites is 1. The lowest BCUT2D eigenvalue weighted by molar-refractivity contribution is 0.0989. The largest absolute Gasteiger partial charge is 0.397 e. The summed E-state index contributed by atoms with van der Waals surface area (Å²) in [6.07, 6.45) is 3.56. The molecule has 0 radical (unpaired) electrons. The third-order valence-corrected chi connectivity index (χ3v) is 3.19. The quantitative estimate of drug-likeness (QED) is 0.737. The van der Waals surface area contributed by atoms with Crippen molar-refractivity contribution in [3.8, 4) is 0 Å². The number of nitrogens with zero attached hydrogens (tertiary/aromatic N) is 2. The predicted molar refractivity (Wildman–Crippen MR) is 78.4 cm³/mol. The molecule has 0 atom stereocenters. The van der Waals surface area contributed by atoms with Gasteiger partial charge in [0.1, 0.15) is 5.69 Å². The number of pyridine rings is 2. The van der Waals surface area contributed by atoms with E-state index in [-0.39, 0.29) is 12.2 Å². The highest BCUT2D eigenvalue weighted by Crippen LogP contribution is 2.19. The van der Waals surface area contributed by atoms with Crippen molar-refractivity contribution in [1.82, 2.24) is 9.97 Å². The average molecular weight is 263 g/mol. The molecule has 0 saturated carbocycles. The van der Waals surface area contributed by atoms with Gasteiger partial charge in [-0.3, -0.25) is 14.8 Å². The van der Waals surface area contributed by atoms with Crippen molar-refractivity contribution in [2.75, 3.05) is 5.73 Å². The first kappa shape index (κ1) is 12.3. The van der Waals surface area contributed by atoms with Crippen LogP contribution in [0.25, 0.3) is 10.9 Å². The molecule has 0 aliphatic heterocycles. The van der Waals surface area contributed by atoms with Gasteiger partial charge in [0.15, 0.2) is 5.78 Å². The van der Waals surface area contributed by atoms with Crippen molar-refractivity contribution in [2.45, 2.75) is 6.42 Å². The first-order chi connectivity index (χ1) is 9.75. The van der Waals surface area contributed by atoms with Crippen LogP contribution in [0.15, 0.2) is 54.9 Å².